The van der Waals surface area contributed by atoms with E-state index in [1.165, 1.54) is 0 Å². The third-order valence-electron chi connectivity index (χ3n) is 2.56. The van der Waals surface area contributed by atoms with E-state index in [2.05, 4.69) is 45.3 Å². The minimum atomic E-state index is -1.54. The lowest BCUT2D eigenvalue weighted by atomic mass is 10.2. The molecule has 0 fully saturated rings. The molecule has 0 heterocycles. The zero-order valence-corrected chi connectivity index (χ0v) is 10.9. The molecule has 0 aliphatic carbocycles. The molecule has 0 radical (unpaired) electrons. The summed E-state index contributed by atoms with van der Waals surface area (Å²) in [6.45, 7) is 14.6. The molecule has 0 aromatic carbocycles. The van der Waals surface area contributed by atoms with Gasteiger partial charge in [0.15, 0.2) is 0 Å². The fraction of sp³-hybridized carbons (Fsp3) is 0.818. The third kappa shape index (κ3) is 4.49. The van der Waals surface area contributed by atoms with Crippen LogP contribution in [0.1, 0.15) is 34.6 Å². The largest absolute Gasteiger partial charge is 0.378 e. The van der Waals surface area contributed by atoms with Gasteiger partial charge in [-0.25, -0.2) is 0 Å². The Morgan fingerprint density at radius 1 is 1.00 bits per heavy atom. The van der Waals surface area contributed by atoms with E-state index in [1.807, 2.05) is 0 Å². The van der Waals surface area contributed by atoms with Crippen molar-refractivity contribution in [1.29, 1.82) is 0 Å². The molecule has 2 heteroatoms. The summed E-state index contributed by atoms with van der Waals surface area (Å²) < 4.78 is 0. The van der Waals surface area contributed by atoms with Crippen LogP contribution in [0.15, 0.2) is 0 Å². The summed E-state index contributed by atoms with van der Waals surface area (Å²) in [5, 5.41) is 9.76. The maximum Gasteiger partial charge on any atom is 0.137 e. The molecule has 0 rings (SSSR count). The van der Waals surface area contributed by atoms with Crippen molar-refractivity contribution >= 4 is 8.07 Å². The zero-order valence-electron chi connectivity index (χ0n) is 9.95. The van der Waals surface area contributed by atoms with E-state index in [9.17, 15) is 5.11 Å². The van der Waals surface area contributed by atoms with Gasteiger partial charge in [-0.2, -0.15) is 0 Å². The van der Waals surface area contributed by atoms with E-state index < -0.39 is 13.7 Å². The fourth-order valence-corrected chi connectivity index (χ4v) is 1.49. The summed E-state index contributed by atoms with van der Waals surface area (Å²) in [5.41, 5.74) is 2.43. The van der Waals surface area contributed by atoms with Gasteiger partial charge in [0.2, 0.25) is 0 Å². The van der Waals surface area contributed by atoms with E-state index in [0.29, 0.717) is 0 Å². The van der Waals surface area contributed by atoms with Gasteiger partial charge in [0.05, 0.1) is 0 Å². The molecule has 13 heavy (non-hydrogen) atoms. The van der Waals surface area contributed by atoms with Crippen molar-refractivity contribution in [3.63, 3.8) is 0 Å². The van der Waals surface area contributed by atoms with Crippen LogP contribution in [0.4, 0.5) is 0 Å². The van der Waals surface area contributed by atoms with Gasteiger partial charge in [0.1, 0.15) is 13.7 Å². The standard InChI is InChI=1S/C11H22OSi/c1-10(2,3)13(6,7)9-8-11(4,5)12/h12H,1-7H3. The summed E-state index contributed by atoms with van der Waals surface area (Å²) in [6, 6.07) is 0. The molecule has 0 aliphatic heterocycles. The van der Waals surface area contributed by atoms with Gasteiger partial charge in [-0.15, -0.1) is 5.54 Å². The van der Waals surface area contributed by atoms with Crippen LogP contribution in [0.25, 0.3) is 0 Å². The van der Waals surface area contributed by atoms with Crippen LogP contribution >= 0.6 is 0 Å². The lowest BCUT2D eigenvalue weighted by Gasteiger charge is -2.31. The molecule has 0 saturated heterocycles. The Kier molecular flexibility index (Phi) is 3.40. The molecule has 76 valence electrons. The normalized spacial score (nSPS) is 13.5. The van der Waals surface area contributed by atoms with E-state index in [4.69, 9.17) is 0 Å². The van der Waals surface area contributed by atoms with Gasteiger partial charge in [-0.05, 0) is 18.9 Å². The van der Waals surface area contributed by atoms with E-state index >= 15 is 0 Å². The van der Waals surface area contributed by atoms with Crippen LogP contribution in [0.5, 0.6) is 0 Å². The van der Waals surface area contributed by atoms with Crippen molar-refractivity contribution in [2.24, 2.45) is 0 Å². The average Bonchev–Trinajstić information content (AvgIpc) is 1.79. The minimum absolute atomic E-state index is 0.269. The van der Waals surface area contributed by atoms with Crippen LogP contribution in [-0.2, 0) is 0 Å². The van der Waals surface area contributed by atoms with Crippen molar-refractivity contribution in [2.45, 2.75) is 58.4 Å². The molecule has 0 saturated carbocycles. The second-order valence-electron chi connectivity index (χ2n) is 5.68. The maximum atomic E-state index is 9.50. The van der Waals surface area contributed by atoms with E-state index in [-0.39, 0.29) is 5.04 Å². The molecular formula is C11H22OSi. The van der Waals surface area contributed by atoms with Gasteiger partial charge < -0.3 is 5.11 Å². The molecule has 0 spiro atoms. The predicted octanol–water partition coefficient (Wildman–Crippen LogP) is 2.81. The van der Waals surface area contributed by atoms with Gasteiger partial charge in [0.25, 0.3) is 0 Å². The zero-order chi connectivity index (χ0) is 10.9. The first kappa shape index (κ1) is 12.7. The molecule has 1 N–H and O–H groups in total. The van der Waals surface area contributed by atoms with E-state index in [1.54, 1.807) is 13.8 Å². The third-order valence-corrected chi connectivity index (χ3v) is 7.06. The molecule has 0 aromatic heterocycles. The highest BCUT2D eigenvalue weighted by atomic mass is 28.3. The number of hydrogen-bond acceptors (Lipinski definition) is 1. The Labute approximate surface area is 83.6 Å². The monoisotopic (exact) mass is 198 g/mol. The van der Waals surface area contributed by atoms with Gasteiger partial charge in [-0.3, -0.25) is 0 Å². The van der Waals surface area contributed by atoms with Crippen LogP contribution < -0.4 is 0 Å². The number of hydrogen-bond donors (Lipinski definition) is 1. The van der Waals surface area contributed by atoms with Crippen molar-refractivity contribution < 1.29 is 5.11 Å². The van der Waals surface area contributed by atoms with Crippen molar-refractivity contribution in [3.8, 4) is 11.5 Å². The molecule has 0 aromatic rings. The van der Waals surface area contributed by atoms with E-state index in [0.717, 1.165) is 0 Å². The van der Waals surface area contributed by atoms with Crippen molar-refractivity contribution in [1.82, 2.24) is 0 Å². The first-order valence-electron chi connectivity index (χ1n) is 4.72. The van der Waals surface area contributed by atoms with Crippen LogP contribution in [0, 0.1) is 11.5 Å². The summed E-state index contributed by atoms with van der Waals surface area (Å²) in [5.74, 6) is 2.94. The Morgan fingerprint density at radius 3 is 1.62 bits per heavy atom. The summed E-state index contributed by atoms with van der Waals surface area (Å²) in [6.07, 6.45) is 0. The lowest BCUT2D eigenvalue weighted by Crippen LogP contribution is -2.36. The highest BCUT2D eigenvalue weighted by molar-refractivity contribution is 6.87. The molecule has 0 bridgehead atoms. The maximum absolute atomic E-state index is 9.50. The Balaban J connectivity index is 4.77. The second-order valence-corrected chi connectivity index (χ2v) is 10.7. The SMILES string of the molecule is CC(C)(O)C#C[Si](C)(C)C(C)(C)C. The predicted molar refractivity (Wildman–Crippen MR) is 61.3 cm³/mol. The smallest absolute Gasteiger partial charge is 0.137 e. The summed E-state index contributed by atoms with van der Waals surface area (Å²) in [4.78, 5) is 0. The van der Waals surface area contributed by atoms with Crippen LogP contribution in [-0.4, -0.2) is 18.8 Å². The Hall–Kier alpha value is -0.263. The average molecular weight is 198 g/mol. The topological polar surface area (TPSA) is 20.2 Å². The molecule has 0 amide bonds. The van der Waals surface area contributed by atoms with Gasteiger partial charge in [-0.1, -0.05) is 39.8 Å². The molecule has 0 unspecified atom stereocenters. The molecule has 0 aliphatic rings. The summed E-state index contributed by atoms with van der Waals surface area (Å²) in [7, 11) is -1.54. The Morgan fingerprint density at radius 2 is 1.38 bits per heavy atom. The highest BCUT2D eigenvalue weighted by Gasteiger charge is 2.33. The van der Waals surface area contributed by atoms with Crippen LogP contribution in [0.3, 0.4) is 0 Å². The fourth-order valence-electron chi connectivity index (χ4n) is 0.497. The molecule has 0 atom stereocenters. The van der Waals surface area contributed by atoms with Gasteiger partial charge >= 0.3 is 0 Å². The van der Waals surface area contributed by atoms with Crippen molar-refractivity contribution in [3.05, 3.63) is 0 Å². The lowest BCUT2D eigenvalue weighted by molar-refractivity contribution is 0.143. The Bertz CT molecular complexity index is 230. The van der Waals surface area contributed by atoms with Crippen LogP contribution in [0.2, 0.25) is 18.1 Å². The number of rotatable bonds is 0. The summed E-state index contributed by atoms with van der Waals surface area (Å²) >= 11 is 0. The first-order chi connectivity index (χ1) is 5.46. The number of aliphatic hydroxyl groups is 1. The quantitative estimate of drug-likeness (QED) is 0.469. The second kappa shape index (κ2) is 3.47. The van der Waals surface area contributed by atoms with Gasteiger partial charge in [0, 0.05) is 0 Å². The molecule has 1 nitrogen and oxygen atoms in total. The minimum Gasteiger partial charge on any atom is -0.378 e. The van der Waals surface area contributed by atoms with Crippen molar-refractivity contribution in [2.75, 3.05) is 0 Å². The highest BCUT2D eigenvalue weighted by Crippen LogP contribution is 2.35. The first-order valence-corrected chi connectivity index (χ1v) is 7.72. The molecular weight excluding hydrogens is 176 g/mol.